The van der Waals surface area contributed by atoms with E-state index in [0.29, 0.717) is 12.8 Å². The van der Waals surface area contributed by atoms with Gasteiger partial charge in [0.2, 0.25) is 0 Å². The molecule has 1 aliphatic rings. The van der Waals surface area contributed by atoms with Crippen LogP contribution < -0.4 is 0 Å². The smallest absolute Gasteiger partial charge is 0.304 e. The second-order valence-corrected chi connectivity index (χ2v) is 2.03. The zero-order valence-corrected chi connectivity index (χ0v) is 5.26. The van der Waals surface area contributed by atoms with Crippen LogP contribution in [0.1, 0.15) is 12.8 Å². The maximum Gasteiger partial charge on any atom is 0.318 e. The summed E-state index contributed by atoms with van der Waals surface area (Å²) in [5.74, 6) is -0.817. The van der Waals surface area contributed by atoms with Crippen LogP contribution in [0.5, 0.6) is 0 Å². The van der Waals surface area contributed by atoms with Crippen LogP contribution in [0, 0.1) is 10.3 Å². The van der Waals surface area contributed by atoms with Gasteiger partial charge in [-0.25, -0.2) is 0 Å². The zero-order valence-electron chi connectivity index (χ0n) is 5.26. The van der Waals surface area contributed by atoms with E-state index in [2.05, 4.69) is 5.18 Å². The van der Waals surface area contributed by atoms with E-state index in [1.54, 1.807) is 6.08 Å². The highest BCUT2D eigenvalue weighted by Crippen LogP contribution is 2.14. The molecule has 1 amide bonds. The predicted octanol–water partition coefficient (Wildman–Crippen LogP) is 1.02. The van der Waals surface area contributed by atoms with Gasteiger partial charge >= 0.3 is 5.91 Å². The fourth-order valence-corrected chi connectivity index (χ4v) is 0.884. The molecular formula is C6H6N2O2. The van der Waals surface area contributed by atoms with Crippen molar-refractivity contribution in [2.24, 2.45) is 5.18 Å². The molecule has 4 nitrogen and oxygen atoms in total. The molecule has 4 heteroatoms. The molecule has 1 aliphatic carbocycles. The average Bonchev–Trinajstić information content (AvgIpc) is 2.34. The summed E-state index contributed by atoms with van der Waals surface area (Å²) >= 11 is 0. The number of rotatable bonds is 1. The lowest BCUT2D eigenvalue weighted by molar-refractivity contribution is -0.114. The molecule has 0 heterocycles. The van der Waals surface area contributed by atoms with Gasteiger partial charge in [-0.05, 0) is 12.8 Å². The lowest BCUT2D eigenvalue weighted by Crippen LogP contribution is -2.04. The maximum absolute atomic E-state index is 10.5. The van der Waals surface area contributed by atoms with Crippen molar-refractivity contribution in [2.45, 2.75) is 12.8 Å². The Labute approximate surface area is 57.4 Å². The summed E-state index contributed by atoms with van der Waals surface area (Å²) in [5.41, 5.74) is 0.402. The van der Waals surface area contributed by atoms with Gasteiger partial charge in [0.1, 0.15) is 0 Å². The molecule has 1 N–H and O–H groups in total. The summed E-state index contributed by atoms with van der Waals surface area (Å²) < 4.78 is 0. The third kappa shape index (κ3) is 1.00. The largest absolute Gasteiger partial charge is 0.318 e. The van der Waals surface area contributed by atoms with Crippen LogP contribution in [-0.2, 0) is 4.79 Å². The van der Waals surface area contributed by atoms with Gasteiger partial charge < -0.3 is 5.41 Å². The van der Waals surface area contributed by atoms with Crippen molar-refractivity contribution < 1.29 is 4.79 Å². The van der Waals surface area contributed by atoms with Gasteiger partial charge in [-0.2, -0.15) is 0 Å². The Morgan fingerprint density at radius 1 is 1.70 bits per heavy atom. The number of nitrogens with zero attached hydrogens (tertiary/aromatic N) is 1. The Bertz CT molecular complexity index is 230. The fourth-order valence-electron chi connectivity index (χ4n) is 0.884. The molecule has 1 rings (SSSR count). The van der Waals surface area contributed by atoms with E-state index in [-0.39, 0.29) is 11.3 Å². The van der Waals surface area contributed by atoms with Crippen LogP contribution in [-0.4, -0.2) is 11.6 Å². The van der Waals surface area contributed by atoms with Gasteiger partial charge in [-0.1, -0.05) is 6.08 Å². The summed E-state index contributed by atoms with van der Waals surface area (Å²) in [5, 5.41) is 9.37. The highest BCUT2D eigenvalue weighted by atomic mass is 16.3. The molecule has 0 fully saturated rings. The van der Waals surface area contributed by atoms with Crippen LogP contribution >= 0.6 is 0 Å². The quantitative estimate of drug-likeness (QED) is 0.549. The molecule has 0 radical (unpaired) electrons. The maximum atomic E-state index is 10.5. The Balaban J connectivity index is 2.81. The van der Waals surface area contributed by atoms with Gasteiger partial charge in [-0.15, -0.1) is 4.91 Å². The Morgan fingerprint density at radius 2 is 2.40 bits per heavy atom. The highest BCUT2D eigenvalue weighted by Gasteiger charge is 2.18. The zero-order chi connectivity index (χ0) is 7.56. The van der Waals surface area contributed by atoms with Crippen molar-refractivity contribution >= 4 is 11.6 Å². The number of hydrogen-bond acceptors (Lipinski definition) is 3. The molecule has 0 saturated heterocycles. The molecule has 0 aromatic carbocycles. The predicted molar refractivity (Wildman–Crippen MR) is 35.8 cm³/mol. The van der Waals surface area contributed by atoms with Gasteiger partial charge in [0, 0.05) is 10.9 Å². The summed E-state index contributed by atoms with van der Waals surface area (Å²) in [6.07, 6.45) is 2.80. The first-order chi connectivity index (χ1) is 4.75. The van der Waals surface area contributed by atoms with Crippen molar-refractivity contribution in [2.75, 3.05) is 0 Å². The lowest BCUT2D eigenvalue weighted by atomic mass is 10.2. The molecule has 0 aromatic rings. The van der Waals surface area contributed by atoms with E-state index in [4.69, 9.17) is 5.41 Å². The molecule has 0 atom stereocenters. The normalized spacial score (nSPS) is 16.8. The number of hydrogen-bond donors (Lipinski definition) is 1. The van der Waals surface area contributed by atoms with E-state index in [1.165, 1.54) is 0 Å². The Morgan fingerprint density at radius 3 is 2.80 bits per heavy atom. The highest BCUT2D eigenvalue weighted by molar-refractivity contribution is 6.21. The van der Waals surface area contributed by atoms with Gasteiger partial charge in [-0.3, -0.25) is 4.79 Å². The fraction of sp³-hybridized carbons (Fsp3) is 0.333. The molecule has 0 aliphatic heterocycles. The van der Waals surface area contributed by atoms with Crippen LogP contribution in [0.2, 0.25) is 0 Å². The van der Waals surface area contributed by atoms with Crippen molar-refractivity contribution in [3.63, 3.8) is 0 Å². The summed E-state index contributed by atoms with van der Waals surface area (Å²) in [6.45, 7) is 0. The first kappa shape index (κ1) is 6.80. The minimum atomic E-state index is -0.817. The Kier molecular flexibility index (Phi) is 1.71. The van der Waals surface area contributed by atoms with Crippen LogP contribution in [0.25, 0.3) is 0 Å². The molecule has 0 unspecified atom stereocenters. The number of nitrogens with one attached hydrogen (secondary N) is 1. The molecule has 52 valence electrons. The van der Waals surface area contributed by atoms with Crippen molar-refractivity contribution in [3.8, 4) is 0 Å². The van der Waals surface area contributed by atoms with E-state index >= 15 is 0 Å². The number of amides is 1. The van der Waals surface area contributed by atoms with Crippen LogP contribution in [0.4, 0.5) is 0 Å². The SMILES string of the molecule is N=C1CCC=C1C(=O)N=O. The van der Waals surface area contributed by atoms with E-state index in [9.17, 15) is 9.70 Å². The first-order valence-corrected chi connectivity index (χ1v) is 2.91. The van der Waals surface area contributed by atoms with Gasteiger partial charge in [0.05, 0.1) is 5.57 Å². The summed E-state index contributed by atoms with van der Waals surface area (Å²) in [6, 6.07) is 0. The second kappa shape index (κ2) is 2.51. The lowest BCUT2D eigenvalue weighted by Gasteiger charge is -1.90. The Hall–Kier alpha value is -1.32. The van der Waals surface area contributed by atoms with E-state index in [0.717, 1.165) is 0 Å². The minimum Gasteiger partial charge on any atom is -0.304 e. The van der Waals surface area contributed by atoms with E-state index in [1.807, 2.05) is 0 Å². The van der Waals surface area contributed by atoms with Gasteiger partial charge in [0.25, 0.3) is 0 Å². The second-order valence-electron chi connectivity index (χ2n) is 2.03. The molecule has 0 bridgehead atoms. The van der Waals surface area contributed by atoms with Crippen molar-refractivity contribution in [1.29, 1.82) is 5.41 Å². The molecule has 0 spiro atoms. The average molecular weight is 138 g/mol. The first-order valence-electron chi connectivity index (χ1n) is 2.91. The molecule has 10 heavy (non-hydrogen) atoms. The topological polar surface area (TPSA) is 70.3 Å². The molecular weight excluding hydrogens is 132 g/mol. The standard InChI is InChI=1S/C6H6N2O2/c7-5-3-1-2-4(5)6(9)8-10/h2,7H,1,3H2. The van der Waals surface area contributed by atoms with Crippen LogP contribution in [0.15, 0.2) is 16.8 Å². The summed E-state index contributed by atoms with van der Waals surface area (Å²) in [4.78, 5) is 20.2. The number of allylic oxidation sites excluding steroid dienone is 1. The van der Waals surface area contributed by atoms with Crippen molar-refractivity contribution in [1.82, 2.24) is 0 Å². The molecule has 0 saturated carbocycles. The van der Waals surface area contributed by atoms with Gasteiger partial charge in [0.15, 0.2) is 0 Å². The summed E-state index contributed by atoms with van der Waals surface area (Å²) in [7, 11) is 0. The third-order valence-electron chi connectivity index (χ3n) is 1.38. The molecule has 0 aromatic heterocycles. The minimum absolute atomic E-state index is 0.176. The number of nitroso groups, excluding NO2 is 1. The monoisotopic (exact) mass is 138 g/mol. The third-order valence-corrected chi connectivity index (χ3v) is 1.38. The van der Waals surface area contributed by atoms with E-state index < -0.39 is 5.91 Å². The number of carbonyl (C=O) groups excluding carboxylic acids is 1. The van der Waals surface area contributed by atoms with Crippen LogP contribution in [0.3, 0.4) is 0 Å². The number of carbonyl (C=O) groups is 1. The van der Waals surface area contributed by atoms with Crippen molar-refractivity contribution in [3.05, 3.63) is 16.6 Å².